The van der Waals surface area contributed by atoms with E-state index in [9.17, 15) is 22.0 Å². The molecule has 1 aliphatic carbocycles. The monoisotopic (exact) mass is 418 g/mol. The Kier molecular flexibility index (Phi) is 7.32. The summed E-state index contributed by atoms with van der Waals surface area (Å²) in [6, 6.07) is 3.78. The fourth-order valence-electron chi connectivity index (χ4n) is 4.33. The maximum Gasteiger partial charge on any atom is 0.412 e. The molecule has 1 aliphatic heterocycles. The van der Waals surface area contributed by atoms with E-state index in [4.69, 9.17) is 9.47 Å². The molecule has 3 rings (SSSR count). The van der Waals surface area contributed by atoms with Crippen LogP contribution < -0.4 is 0 Å². The molecule has 0 bridgehead atoms. The second-order valence-electron chi connectivity index (χ2n) is 8.07. The molecule has 1 heterocycles. The van der Waals surface area contributed by atoms with E-state index < -0.39 is 29.5 Å². The van der Waals surface area contributed by atoms with Gasteiger partial charge in [-0.1, -0.05) is 19.4 Å². The van der Waals surface area contributed by atoms with Crippen molar-refractivity contribution in [3.8, 4) is 0 Å². The molecule has 2 fully saturated rings. The first-order chi connectivity index (χ1) is 13.8. The first-order valence-electron chi connectivity index (χ1n) is 10.2. The first kappa shape index (κ1) is 22.2. The molecular formula is C22H27F5O2. The van der Waals surface area contributed by atoms with Gasteiger partial charge in [0.2, 0.25) is 0 Å². The van der Waals surface area contributed by atoms with Gasteiger partial charge in [-0.05, 0) is 55.7 Å². The third kappa shape index (κ3) is 6.01. The van der Waals surface area contributed by atoms with E-state index in [0.717, 1.165) is 63.9 Å². The summed E-state index contributed by atoms with van der Waals surface area (Å²) in [6.45, 7) is 3.59. The van der Waals surface area contributed by atoms with Gasteiger partial charge in [0, 0.05) is 17.4 Å². The summed E-state index contributed by atoms with van der Waals surface area (Å²) in [5.41, 5.74) is 0.0309. The molecule has 2 nitrogen and oxygen atoms in total. The lowest BCUT2D eigenvalue weighted by molar-refractivity contribution is -0.229. The van der Waals surface area contributed by atoms with Crippen LogP contribution in [-0.2, 0) is 9.47 Å². The number of benzene rings is 1. The summed E-state index contributed by atoms with van der Waals surface area (Å²) in [7, 11) is 0. The molecule has 162 valence electrons. The summed E-state index contributed by atoms with van der Waals surface area (Å²) in [6.07, 6.45) is 0.0401. The normalized spacial score (nSPS) is 29.1. The van der Waals surface area contributed by atoms with Crippen molar-refractivity contribution in [2.45, 2.75) is 63.8 Å². The van der Waals surface area contributed by atoms with Crippen LogP contribution in [0.4, 0.5) is 22.0 Å². The van der Waals surface area contributed by atoms with Crippen molar-refractivity contribution in [2.24, 2.45) is 11.8 Å². The zero-order chi connectivity index (χ0) is 21.0. The Balaban J connectivity index is 1.56. The summed E-state index contributed by atoms with van der Waals surface area (Å²) in [4.78, 5) is 0. The molecule has 29 heavy (non-hydrogen) atoms. The fraction of sp³-hybridized carbons (Fsp3) is 0.636. The van der Waals surface area contributed by atoms with Gasteiger partial charge >= 0.3 is 6.18 Å². The van der Waals surface area contributed by atoms with Gasteiger partial charge in [0.05, 0.1) is 19.3 Å². The zero-order valence-electron chi connectivity index (χ0n) is 16.5. The van der Waals surface area contributed by atoms with Crippen LogP contribution >= 0.6 is 0 Å². The van der Waals surface area contributed by atoms with Crippen LogP contribution in [0.15, 0.2) is 24.3 Å². The lowest BCUT2D eigenvalue weighted by atomic mass is 9.78. The SMILES string of the molecule is CCCC1COC(C2CCC(c3ccc(/C(F)=C/C(F)(F)F)c(F)c3)CC2)OC1. The molecule has 0 spiro atoms. The number of halogens is 5. The molecule has 0 aromatic heterocycles. The van der Waals surface area contributed by atoms with E-state index in [1.807, 2.05) is 0 Å². The minimum atomic E-state index is -4.83. The lowest BCUT2D eigenvalue weighted by Gasteiger charge is -2.37. The van der Waals surface area contributed by atoms with E-state index in [-0.39, 0.29) is 12.2 Å². The second-order valence-corrected chi connectivity index (χ2v) is 8.07. The van der Waals surface area contributed by atoms with Gasteiger partial charge in [0.15, 0.2) is 6.29 Å². The standard InChI is InChI=1S/C22H27F5O2/c1-2-3-14-12-28-21(29-13-14)16-6-4-15(5-7-16)17-8-9-18(19(23)10-17)20(24)11-22(25,26)27/h8-11,14-16,21H,2-7,12-13H2,1H3/b20-11-. The van der Waals surface area contributed by atoms with Crippen molar-refractivity contribution >= 4 is 5.83 Å². The maximum atomic E-state index is 14.2. The van der Waals surface area contributed by atoms with Crippen molar-refractivity contribution in [3.63, 3.8) is 0 Å². The lowest BCUT2D eigenvalue weighted by Crippen LogP contribution is -2.38. The van der Waals surface area contributed by atoms with Gasteiger partial charge in [-0.25, -0.2) is 8.78 Å². The highest BCUT2D eigenvalue weighted by Crippen LogP contribution is 2.40. The van der Waals surface area contributed by atoms with Crippen LogP contribution in [0.1, 0.15) is 62.5 Å². The van der Waals surface area contributed by atoms with Gasteiger partial charge in [-0.15, -0.1) is 0 Å². The van der Waals surface area contributed by atoms with Gasteiger partial charge in [-0.3, -0.25) is 0 Å². The highest BCUT2D eigenvalue weighted by molar-refractivity contribution is 5.60. The molecule has 1 aromatic rings. The molecule has 0 unspecified atom stereocenters. The molecule has 2 aliphatic rings. The van der Waals surface area contributed by atoms with Crippen LogP contribution in [0.2, 0.25) is 0 Å². The molecular weight excluding hydrogens is 391 g/mol. The van der Waals surface area contributed by atoms with Crippen LogP contribution in [0.3, 0.4) is 0 Å². The van der Waals surface area contributed by atoms with E-state index in [1.54, 1.807) is 0 Å². The Morgan fingerprint density at radius 2 is 1.76 bits per heavy atom. The average Bonchev–Trinajstić information content (AvgIpc) is 2.67. The number of ether oxygens (including phenoxy) is 2. The number of allylic oxidation sites excluding steroid dienone is 1. The van der Waals surface area contributed by atoms with Crippen LogP contribution in [0.5, 0.6) is 0 Å². The topological polar surface area (TPSA) is 18.5 Å². The zero-order valence-corrected chi connectivity index (χ0v) is 16.5. The Morgan fingerprint density at radius 1 is 1.10 bits per heavy atom. The average molecular weight is 418 g/mol. The van der Waals surface area contributed by atoms with Gasteiger partial charge < -0.3 is 9.47 Å². The molecule has 0 radical (unpaired) electrons. The number of rotatable bonds is 5. The number of hydrogen-bond acceptors (Lipinski definition) is 2. The first-order valence-corrected chi connectivity index (χ1v) is 10.2. The van der Waals surface area contributed by atoms with Crippen LogP contribution in [0, 0.1) is 17.7 Å². The third-order valence-corrected chi connectivity index (χ3v) is 5.86. The van der Waals surface area contributed by atoms with E-state index in [0.29, 0.717) is 17.4 Å². The van der Waals surface area contributed by atoms with Crippen molar-refractivity contribution in [1.29, 1.82) is 0 Å². The fourth-order valence-corrected chi connectivity index (χ4v) is 4.33. The Bertz CT molecular complexity index is 700. The molecule has 0 N–H and O–H groups in total. The maximum absolute atomic E-state index is 14.2. The van der Waals surface area contributed by atoms with Crippen molar-refractivity contribution in [1.82, 2.24) is 0 Å². The quantitative estimate of drug-likeness (QED) is 0.492. The number of hydrogen-bond donors (Lipinski definition) is 0. The summed E-state index contributed by atoms with van der Waals surface area (Å²) in [5, 5.41) is 0. The predicted molar refractivity (Wildman–Crippen MR) is 100 cm³/mol. The third-order valence-electron chi connectivity index (χ3n) is 5.86. The Morgan fingerprint density at radius 3 is 2.31 bits per heavy atom. The van der Waals surface area contributed by atoms with Crippen molar-refractivity contribution in [2.75, 3.05) is 13.2 Å². The van der Waals surface area contributed by atoms with Gasteiger partial charge in [-0.2, -0.15) is 13.2 Å². The summed E-state index contributed by atoms with van der Waals surface area (Å²) >= 11 is 0. The summed E-state index contributed by atoms with van der Waals surface area (Å²) in [5.74, 6) is -1.73. The van der Waals surface area contributed by atoms with Crippen LogP contribution in [0.25, 0.3) is 5.83 Å². The molecule has 0 atom stereocenters. The van der Waals surface area contributed by atoms with Gasteiger partial charge in [0.1, 0.15) is 11.6 Å². The van der Waals surface area contributed by atoms with Crippen LogP contribution in [-0.4, -0.2) is 25.7 Å². The van der Waals surface area contributed by atoms with Gasteiger partial charge in [0.25, 0.3) is 0 Å². The highest BCUT2D eigenvalue weighted by Gasteiger charge is 2.33. The van der Waals surface area contributed by atoms with Crippen molar-refractivity contribution < 1.29 is 31.4 Å². The summed E-state index contributed by atoms with van der Waals surface area (Å²) < 4.78 is 76.5. The van der Waals surface area contributed by atoms with E-state index in [2.05, 4.69) is 6.92 Å². The second kappa shape index (κ2) is 9.56. The predicted octanol–water partition coefficient (Wildman–Crippen LogP) is 6.76. The number of alkyl halides is 3. The minimum Gasteiger partial charge on any atom is -0.352 e. The van der Waals surface area contributed by atoms with E-state index in [1.165, 1.54) is 6.07 Å². The molecule has 1 saturated heterocycles. The molecule has 1 saturated carbocycles. The molecule has 7 heteroatoms. The van der Waals surface area contributed by atoms with E-state index >= 15 is 0 Å². The molecule has 0 amide bonds. The Labute approximate surface area is 168 Å². The minimum absolute atomic E-state index is 0.0980. The largest absolute Gasteiger partial charge is 0.412 e. The Hall–Kier alpha value is -1.47. The van der Waals surface area contributed by atoms with Crippen molar-refractivity contribution in [3.05, 3.63) is 41.2 Å². The highest BCUT2D eigenvalue weighted by atomic mass is 19.4. The molecule has 1 aromatic carbocycles. The smallest absolute Gasteiger partial charge is 0.352 e.